The Morgan fingerprint density at radius 2 is 1.77 bits per heavy atom. The number of sulfonamides is 1. The van der Waals surface area contributed by atoms with Crippen molar-refractivity contribution < 1.29 is 13.2 Å². The molecule has 114 valence electrons. The topological polar surface area (TPSA) is 75.3 Å². The summed E-state index contributed by atoms with van der Waals surface area (Å²) in [6, 6.07) is 11.6. The van der Waals surface area contributed by atoms with E-state index in [2.05, 4.69) is 26.0 Å². The zero-order valence-electron chi connectivity index (χ0n) is 11.5. The number of aryl methyl sites for hydroxylation is 1. The molecular formula is C15H13BrN2O3S. The van der Waals surface area contributed by atoms with Gasteiger partial charge in [0.2, 0.25) is 5.91 Å². The fraction of sp³-hybridized carbons (Fsp3) is 0.133. The molecule has 0 spiro atoms. The molecule has 1 heterocycles. The van der Waals surface area contributed by atoms with Crippen molar-refractivity contribution in [3.05, 3.63) is 52.5 Å². The molecule has 2 aromatic carbocycles. The van der Waals surface area contributed by atoms with Crippen LogP contribution in [0.15, 0.2) is 51.8 Å². The predicted octanol–water partition coefficient (Wildman–Crippen LogP) is 3.13. The van der Waals surface area contributed by atoms with E-state index in [-0.39, 0.29) is 10.8 Å². The summed E-state index contributed by atoms with van der Waals surface area (Å²) in [6.45, 7) is 0. The molecule has 5 nitrogen and oxygen atoms in total. The van der Waals surface area contributed by atoms with Gasteiger partial charge in [0.05, 0.1) is 4.90 Å². The number of rotatable bonds is 3. The number of hydrogen-bond acceptors (Lipinski definition) is 3. The molecule has 0 bridgehead atoms. The first-order valence-corrected chi connectivity index (χ1v) is 8.93. The lowest BCUT2D eigenvalue weighted by molar-refractivity contribution is -0.116. The lowest BCUT2D eigenvalue weighted by Gasteiger charge is -2.17. The maximum absolute atomic E-state index is 12.4. The second-order valence-electron chi connectivity index (χ2n) is 4.98. The fourth-order valence-electron chi connectivity index (χ4n) is 2.26. The molecule has 22 heavy (non-hydrogen) atoms. The minimum absolute atomic E-state index is 0.0453. The summed E-state index contributed by atoms with van der Waals surface area (Å²) in [5.41, 5.74) is 2.01. The maximum atomic E-state index is 12.4. The Morgan fingerprint density at radius 3 is 2.50 bits per heavy atom. The van der Waals surface area contributed by atoms with Crippen molar-refractivity contribution in [2.24, 2.45) is 0 Å². The van der Waals surface area contributed by atoms with Crippen LogP contribution in [0, 0.1) is 0 Å². The average molecular weight is 381 g/mol. The summed E-state index contributed by atoms with van der Waals surface area (Å²) in [4.78, 5) is 11.5. The summed E-state index contributed by atoms with van der Waals surface area (Å²) >= 11 is 3.30. The van der Waals surface area contributed by atoms with Gasteiger partial charge in [-0.05, 0) is 54.4 Å². The van der Waals surface area contributed by atoms with Crippen LogP contribution in [0.2, 0.25) is 0 Å². The Labute approximate surface area is 136 Å². The Kier molecular flexibility index (Phi) is 3.92. The highest BCUT2D eigenvalue weighted by Crippen LogP contribution is 2.26. The molecule has 0 aliphatic carbocycles. The molecule has 0 saturated carbocycles. The third-order valence-corrected chi connectivity index (χ3v) is 5.29. The van der Waals surface area contributed by atoms with Gasteiger partial charge in [0.15, 0.2) is 0 Å². The van der Waals surface area contributed by atoms with Crippen LogP contribution in [0.25, 0.3) is 0 Å². The van der Waals surface area contributed by atoms with Gasteiger partial charge in [0.1, 0.15) is 0 Å². The Balaban J connectivity index is 1.89. The highest BCUT2D eigenvalue weighted by Gasteiger charge is 2.20. The fourth-order valence-corrected chi connectivity index (χ4v) is 3.63. The van der Waals surface area contributed by atoms with Crippen LogP contribution in [-0.2, 0) is 21.2 Å². The van der Waals surface area contributed by atoms with Gasteiger partial charge in [-0.25, -0.2) is 8.42 Å². The summed E-state index contributed by atoms with van der Waals surface area (Å²) in [5, 5.41) is 2.74. The zero-order chi connectivity index (χ0) is 15.7. The van der Waals surface area contributed by atoms with Gasteiger partial charge < -0.3 is 5.32 Å². The number of carbonyl (C=O) groups is 1. The van der Waals surface area contributed by atoms with Crippen LogP contribution in [-0.4, -0.2) is 14.3 Å². The molecule has 0 unspecified atom stereocenters. The summed E-state index contributed by atoms with van der Waals surface area (Å²) in [5.74, 6) is -0.0453. The Bertz CT molecular complexity index is 832. The number of amides is 1. The van der Waals surface area contributed by atoms with E-state index in [1.807, 2.05) is 0 Å². The van der Waals surface area contributed by atoms with E-state index in [1.54, 1.807) is 36.4 Å². The third-order valence-electron chi connectivity index (χ3n) is 3.38. The number of halogens is 1. The van der Waals surface area contributed by atoms with Gasteiger partial charge in [0, 0.05) is 22.3 Å². The van der Waals surface area contributed by atoms with Gasteiger partial charge in [0.25, 0.3) is 10.0 Å². The van der Waals surface area contributed by atoms with Crippen molar-refractivity contribution in [3.63, 3.8) is 0 Å². The van der Waals surface area contributed by atoms with Crippen LogP contribution < -0.4 is 10.0 Å². The molecule has 0 fully saturated rings. The SMILES string of the molecule is O=C1CCc2cc(S(=O)(=O)Nc3ccc(Br)cc3)ccc2N1. The molecule has 0 saturated heterocycles. The first-order chi connectivity index (χ1) is 10.4. The number of anilines is 2. The number of carbonyl (C=O) groups excluding carboxylic acids is 1. The van der Waals surface area contributed by atoms with Crippen molar-refractivity contribution in [1.82, 2.24) is 0 Å². The van der Waals surface area contributed by atoms with Crippen LogP contribution in [0.4, 0.5) is 11.4 Å². The van der Waals surface area contributed by atoms with E-state index >= 15 is 0 Å². The predicted molar refractivity (Wildman–Crippen MR) is 88.3 cm³/mol. The molecule has 0 radical (unpaired) electrons. The normalized spacial score (nSPS) is 14.1. The van der Waals surface area contributed by atoms with Crippen molar-refractivity contribution >= 4 is 43.2 Å². The van der Waals surface area contributed by atoms with Crippen LogP contribution >= 0.6 is 15.9 Å². The zero-order valence-corrected chi connectivity index (χ0v) is 13.9. The van der Waals surface area contributed by atoms with Crippen molar-refractivity contribution in [3.8, 4) is 0 Å². The monoisotopic (exact) mass is 380 g/mol. The largest absolute Gasteiger partial charge is 0.326 e. The molecule has 0 atom stereocenters. The molecule has 0 aromatic heterocycles. The molecule has 2 N–H and O–H groups in total. The van der Waals surface area contributed by atoms with Crippen LogP contribution in [0.3, 0.4) is 0 Å². The van der Waals surface area contributed by atoms with Crippen LogP contribution in [0.5, 0.6) is 0 Å². The minimum atomic E-state index is -3.65. The van der Waals surface area contributed by atoms with Gasteiger partial charge in [-0.3, -0.25) is 9.52 Å². The van der Waals surface area contributed by atoms with Gasteiger partial charge >= 0.3 is 0 Å². The number of benzene rings is 2. The number of nitrogens with one attached hydrogen (secondary N) is 2. The molecule has 1 amide bonds. The molecule has 1 aliphatic heterocycles. The van der Waals surface area contributed by atoms with E-state index in [0.29, 0.717) is 24.2 Å². The lowest BCUT2D eigenvalue weighted by atomic mass is 10.0. The molecule has 2 aromatic rings. The van der Waals surface area contributed by atoms with E-state index in [0.717, 1.165) is 10.0 Å². The first kappa shape index (κ1) is 15.1. The lowest BCUT2D eigenvalue weighted by Crippen LogP contribution is -2.20. The van der Waals surface area contributed by atoms with Crippen molar-refractivity contribution in [2.45, 2.75) is 17.7 Å². The van der Waals surface area contributed by atoms with E-state index in [9.17, 15) is 13.2 Å². The summed E-state index contributed by atoms with van der Waals surface area (Å²) in [6.07, 6.45) is 0.916. The highest BCUT2D eigenvalue weighted by atomic mass is 79.9. The van der Waals surface area contributed by atoms with Gasteiger partial charge in [-0.15, -0.1) is 0 Å². The standard InChI is InChI=1S/C15H13BrN2O3S/c16-11-2-4-12(5-3-11)18-22(20,21)13-6-7-14-10(9-13)1-8-15(19)17-14/h2-7,9,18H,1,8H2,(H,17,19). The van der Waals surface area contributed by atoms with Gasteiger partial charge in [-0.1, -0.05) is 15.9 Å². The molecular weight excluding hydrogens is 368 g/mol. The van der Waals surface area contributed by atoms with E-state index < -0.39 is 10.0 Å². The average Bonchev–Trinajstić information content (AvgIpc) is 2.49. The summed E-state index contributed by atoms with van der Waals surface area (Å²) < 4.78 is 28.3. The summed E-state index contributed by atoms with van der Waals surface area (Å²) in [7, 11) is -3.65. The quantitative estimate of drug-likeness (QED) is 0.858. The second-order valence-corrected chi connectivity index (χ2v) is 7.58. The number of fused-ring (bicyclic) bond motifs is 1. The Hall–Kier alpha value is -1.86. The smallest absolute Gasteiger partial charge is 0.261 e. The molecule has 1 aliphatic rings. The van der Waals surface area contributed by atoms with E-state index in [1.165, 1.54) is 6.07 Å². The maximum Gasteiger partial charge on any atom is 0.261 e. The number of hydrogen-bond donors (Lipinski definition) is 2. The minimum Gasteiger partial charge on any atom is -0.326 e. The second kappa shape index (κ2) is 5.73. The molecule has 3 rings (SSSR count). The molecule has 7 heteroatoms. The highest BCUT2D eigenvalue weighted by molar-refractivity contribution is 9.10. The Morgan fingerprint density at radius 1 is 1.05 bits per heavy atom. The first-order valence-electron chi connectivity index (χ1n) is 6.65. The van der Waals surface area contributed by atoms with Gasteiger partial charge in [-0.2, -0.15) is 0 Å². The van der Waals surface area contributed by atoms with Crippen molar-refractivity contribution in [1.29, 1.82) is 0 Å². The van der Waals surface area contributed by atoms with Crippen LogP contribution in [0.1, 0.15) is 12.0 Å². The van der Waals surface area contributed by atoms with E-state index in [4.69, 9.17) is 0 Å². The van der Waals surface area contributed by atoms with Crippen molar-refractivity contribution in [2.75, 3.05) is 10.0 Å². The third kappa shape index (κ3) is 3.15.